The van der Waals surface area contributed by atoms with Gasteiger partial charge in [0.05, 0.1) is 6.20 Å². The minimum atomic E-state index is -4.38. The third kappa shape index (κ3) is 3.16. The highest BCUT2D eigenvalue weighted by atomic mass is 19.4. The molecule has 2 aliphatic rings. The first-order chi connectivity index (χ1) is 10.8. The summed E-state index contributed by atoms with van der Waals surface area (Å²) in [6, 6.07) is -2.05. The summed E-state index contributed by atoms with van der Waals surface area (Å²) in [6.07, 6.45) is -0.985. The lowest BCUT2D eigenvalue weighted by atomic mass is 10.0. The number of rotatable bonds is 4. The van der Waals surface area contributed by atoms with Crippen molar-refractivity contribution in [2.45, 2.75) is 51.4 Å². The standard InChI is InChI=1S/C15H21F3N4O/c1-3-21(8-10-4-5-10)14(23)11-7-19-22-12(15(16,17)18)6-9(2)20-13(11)22/h7,9-10,12,20H,3-6,8H2,1-2H3/t9-,12-/m0/s1. The van der Waals surface area contributed by atoms with E-state index >= 15 is 0 Å². The lowest BCUT2D eigenvalue weighted by Crippen LogP contribution is -2.39. The predicted octanol–water partition coefficient (Wildman–Crippen LogP) is 3.06. The molecule has 2 atom stereocenters. The molecule has 5 nitrogen and oxygen atoms in total. The highest BCUT2D eigenvalue weighted by molar-refractivity contribution is 5.99. The summed E-state index contributed by atoms with van der Waals surface area (Å²) in [5.74, 6) is 0.466. The molecule has 0 radical (unpaired) electrons. The van der Waals surface area contributed by atoms with Crippen molar-refractivity contribution < 1.29 is 18.0 Å². The van der Waals surface area contributed by atoms with E-state index in [-0.39, 0.29) is 29.8 Å². The van der Waals surface area contributed by atoms with Crippen molar-refractivity contribution in [2.24, 2.45) is 5.92 Å². The Balaban J connectivity index is 1.90. The number of aromatic nitrogens is 2. The van der Waals surface area contributed by atoms with Crippen LogP contribution in [0.5, 0.6) is 0 Å². The zero-order valence-electron chi connectivity index (χ0n) is 13.2. The minimum Gasteiger partial charge on any atom is -0.367 e. The number of amides is 1. The van der Waals surface area contributed by atoms with Crippen LogP contribution in [0.15, 0.2) is 6.20 Å². The van der Waals surface area contributed by atoms with Gasteiger partial charge in [-0.05, 0) is 39.0 Å². The molecule has 1 N–H and O–H groups in total. The number of fused-ring (bicyclic) bond motifs is 1. The molecule has 1 aromatic rings. The van der Waals surface area contributed by atoms with Gasteiger partial charge in [0.25, 0.3) is 5.91 Å². The van der Waals surface area contributed by atoms with Crippen LogP contribution >= 0.6 is 0 Å². The Bertz CT molecular complexity index is 594. The van der Waals surface area contributed by atoms with Crippen LogP contribution in [-0.2, 0) is 0 Å². The molecule has 0 bridgehead atoms. The molecule has 1 fully saturated rings. The van der Waals surface area contributed by atoms with Gasteiger partial charge in [0.15, 0.2) is 6.04 Å². The molecule has 1 saturated carbocycles. The number of alkyl halides is 3. The average molecular weight is 330 g/mol. The number of hydrogen-bond acceptors (Lipinski definition) is 3. The number of nitrogens with zero attached hydrogens (tertiary/aromatic N) is 3. The van der Waals surface area contributed by atoms with Crippen LogP contribution in [0.4, 0.5) is 19.0 Å². The van der Waals surface area contributed by atoms with Gasteiger partial charge in [-0.1, -0.05) is 0 Å². The molecule has 0 unspecified atom stereocenters. The largest absolute Gasteiger partial charge is 0.410 e. The van der Waals surface area contributed by atoms with Gasteiger partial charge in [-0.2, -0.15) is 18.3 Å². The van der Waals surface area contributed by atoms with Crippen molar-refractivity contribution in [1.82, 2.24) is 14.7 Å². The van der Waals surface area contributed by atoms with Crippen LogP contribution < -0.4 is 5.32 Å². The van der Waals surface area contributed by atoms with E-state index in [4.69, 9.17) is 0 Å². The molecule has 0 saturated heterocycles. The normalized spacial score (nSPS) is 24.0. The third-order valence-corrected chi connectivity index (χ3v) is 4.50. The number of nitrogens with one attached hydrogen (secondary N) is 1. The Morgan fingerprint density at radius 1 is 1.48 bits per heavy atom. The quantitative estimate of drug-likeness (QED) is 0.923. The zero-order chi connectivity index (χ0) is 16.8. The highest BCUT2D eigenvalue weighted by Crippen LogP contribution is 2.40. The molecule has 0 spiro atoms. The van der Waals surface area contributed by atoms with Crippen molar-refractivity contribution in [1.29, 1.82) is 0 Å². The second-order valence-corrected chi connectivity index (χ2v) is 6.48. The Hall–Kier alpha value is -1.73. The van der Waals surface area contributed by atoms with Crippen molar-refractivity contribution >= 4 is 11.7 Å². The molecule has 8 heteroatoms. The third-order valence-electron chi connectivity index (χ3n) is 4.50. The van der Waals surface area contributed by atoms with Gasteiger partial charge in [-0.15, -0.1) is 0 Å². The summed E-state index contributed by atoms with van der Waals surface area (Å²) in [5, 5.41) is 6.85. The summed E-state index contributed by atoms with van der Waals surface area (Å²) in [4.78, 5) is 14.4. The molecular weight excluding hydrogens is 309 g/mol. The summed E-state index contributed by atoms with van der Waals surface area (Å²) in [6.45, 7) is 4.77. The van der Waals surface area contributed by atoms with Crippen molar-refractivity contribution in [2.75, 3.05) is 18.4 Å². The second-order valence-electron chi connectivity index (χ2n) is 6.48. The van der Waals surface area contributed by atoms with Crippen LogP contribution in [0.3, 0.4) is 0 Å². The van der Waals surface area contributed by atoms with Crippen molar-refractivity contribution in [3.8, 4) is 0 Å². The van der Waals surface area contributed by atoms with E-state index in [1.807, 2.05) is 6.92 Å². The lowest BCUT2D eigenvalue weighted by Gasteiger charge is -2.32. The van der Waals surface area contributed by atoms with Gasteiger partial charge in [0, 0.05) is 19.1 Å². The summed E-state index contributed by atoms with van der Waals surface area (Å²) in [5.41, 5.74) is 0.230. The molecule has 1 aliphatic heterocycles. The van der Waals surface area contributed by atoms with E-state index in [1.54, 1.807) is 11.8 Å². The van der Waals surface area contributed by atoms with E-state index < -0.39 is 12.2 Å². The van der Waals surface area contributed by atoms with Crippen molar-refractivity contribution in [3.05, 3.63) is 11.8 Å². The van der Waals surface area contributed by atoms with Crippen molar-refractivity contribution in [3.63, 3.8) is 0 Å². The van der Waals surface area contributed by atoms with E-state index in [1.165, 1.54) is 6.20 Å². The fourth-order valence-corrected chi connectivity index (χ4v) is 3.04. The van der Waals surface area contributed by atoms with Crippen LogP contribution in [0.2, 0.25) is 0 Å². The summed E-state index contributed by atoms with van der Waals surface area (Å²) >= 11 is 0. The number of carbonyl (C=O) groups excluding carboxylic acids is 1. The molecule has 1 aromatic heterocycles. The molecule has 1 amide bonds. The van der Waals surface area contributed by atoms with Crippen LogP contribution in [0.1, 0.15) is 49.5 Å². The first-order valence-corrected chi connectivity index (χ1v) is 8.01. The maximum absolute atomic E-state index is 13.2. The summed E-state index contributed by atoms with van der Waals surface area (Å²) < 4.78 is 40.6. The van der Waals surface area contributed by atoms with Gasteiger partial charge >= 0.3 is 6.18 Å². The van der Waals surface area contributed by atoms with Crippen LogP contribution in [0, 0.1) is 5.92 Å². The van der Waals surface area contributed by atoms with Crippen LogP contribution in [0.25, 0.3) is 0 Å². The molecule has 0 aromatic carbocycles. The smallest absolute Gasteiger partial charge is 0.367 e. The minimum absolute atomic E-state index is 0.0919. The van der Waals surface area contributed by atoms with E-state index in [2.05, 4.69) is 10.4 Å². The second kappa shape index (κ2) is 5.72. The van der Waals surface area contributed by atoms with E-state index in [0.717, 1.165) is 17.5 Å². The van der Waals surface area contributed by atoms with Gasteiger partial charge in [-0.25, -0.2) is 4.68 Å². The first-order valence-electron chi connectivity index (χ1n) is 8.01. The number of anilines is 1. The maximum Gasteiger partial charge on any atom is 0.410 e. The predicted molar refractivity (Wildman–Crippen MR) is 79.3 cm³/mol. The highest BCUT2D eigenvalue weighted by Gasteiger charge is 2.46. The SMILES string of the molecule is CCN(CC1CC1)C(=O)c1cnn2c1N[C@@H](C)C[C@H]2C(F)(F)F. The Morgan fingerprint density at radius 2 is 2.17 bits per heavy atom. The number of carbonyl (C=O) groups is 1. The van der Waals surface area contributed by atoms with Gasteiger partial charge < -0.3 is 10.2 Å². The fourth-order valence-electron chi connectivity index (χ4n) is 3.04. The fraction of sp³-hybridized carbons (Fsp3) is 0.733. The number of hydrogen-bond donors (Lipinski definition) is 1. The maximum atomic E-state index is 13.2. The average Bonchev–Trinajstić information content (AvgIpc) is 3.20. The molecule has 3 rings (SSSR count). The zero-order valence-corrected chi connectivity index (χ0v) is 13.2. The van der Waals surface area contributed by atoms with E-state index in [9.17, 15) is 18.0 Å². The van der Waals surface area contributed by atoms with Gasteiger partial charge in [0.1, 0.15) is 11.4 Å². The monoisotopic (exact) mass is 330 g/mol. The molecule has 128 valence electrons. The molecule has 23 heavy (non-hydrogen) atoms. The lowest BCUT2D eigenvalue weighted by molar-refractivity contribution is -0.173. The Kier molecular flexibility index (Phi) is 4.01. The Morgan fingerprint density at radius 3 is 2.74 bits per heavy atom. The van der Waals surface area contributed by atoms with Gasteiger partial charge in [-0.3, -0.25) is 4.79 Å². The topological polar surface area (TPSA) is 50.2 Å². The van der Waals surface area contributed by atoms with E-state index in [0.29, 0.717) is 19.0 Å². The first kappa shape index (κ1) is 16.1. The Labute approximate surface area is 132 Å². The van der Waals surface area contributed by atoms with Gasteiger partial charge in [0.2, 0.25) is 0 Å². The van der Waals surface area contributed by atoms with Crippen LogP contribution in [-0.4, -0.2) is 45.9 Å². The summed E-state index contributed by atoms with van der Waals surface area (Å²) in [7, 11) is 0. The molecule has 2 heterocycles. The molecular formula is C15H21F3N4O. The molecule has 1 aliphatic carbocycles. The number of halogens is 3.